The molecule has 0 aliphatic carbocycles. The van der Waals surface area contributed by atoms with Crippen molar-refractivity contribution in [3.63, 3.8) is 0 Å². The summed E-state index contributed by atoms with van der Waals surface area (Å²) in [5.74, 6) is 0.0958. The fraction of sp³-hybridized carbons (Fsp3) is 0.261. The van der Waals surface area contributed by atoms with Crippen molar-refractivity contribution in [1.82, 2.24) is 14.9 Å². The first-order chi connectivity index (χ1) is 15.0. The number of carbonyl (C=O) groups is 1. The summed E-state index contributed by atoms with van der Waals surface area (Å²) in [4.78, 5) is 33.5. The van der Waals surface area contributed by atoms with E-state index in [1.807, 2.05) is 68.6 Å². The summed E-state index contributed by atoms with van der Waals surface area (Å²) >= 11 is 4.46. The van der Waals surface area contributed by atoms with Crippen LogP contribution in [-0.4, -0.2) is 21.2 Å². The molecular formula is C23H23N3O2S3. The average molecular weight is 470 g/mol. The minimum absolute atomic E-state index is 0.0296. The molecule has 3 heterocycles. The number of aryl methyl sites for hydroxylation is 2. The smallest absolute Gasteiger partial charge is 0.263 e. The normalized spacial score (nSPS) is 12.2. The predicted molar refractivity (Wildman–Crippen MR) is 130 cm³/mol. The number of thiophene rings is 2. The highest BCUT2D eigenvalue weighted by Gasteiger charge is 2.20. The van der Waals surface area contributed by atoms with Crippen LogP contribution in [0.4, 0.5) is 0 Å². The van der Waals surface area contributed by atoms with E-state index in [2.05, 4.69) is 5.32 Å². The van der Waals surface area contributed by atoms with Crippen LogP contribution >= 0.6 is 34.4 Å². The van der Waals surface area contributed by atoms with Gasteiger partial charge in [0.1, 0.15) is 4.83 Å². The molecule has 4 aromatic rings. The molecule has 0 radical (unpaired) electrons. The lowest BCUT2D eigenvalue weighted by atomic mass is 10.1. The topological polar surface area (TPSA) is 64.0 Å². The van der Waals surface area contributed by atoms with E-state index >= 15 is 0 Å². The van der Waals surface area contributed by atoms with E-state index in [9.17, 15) is 9.59 Å². The van der Waals surface area contributed by atoms with Crippen LogP contribution in [-0.2, 0) is 11.3 Å². The van der Waals surface area contributed by atoms with E-state index in [1.54, 1.807) is 15.9 Å². The fourth-order valence-corrected chi connectivity index (χ4v) is 6.20. The number of hydrogen-bond donors (Lipinski definition) is 1. The number of fused-ring (bicyclic) bond motifs is 1. The number of thioether (sulfide) groups is 1. The van der Waals surface area contributed by atoms with Gasteiger partial charge in [-0.1, -0.05) is 48.2 Å². The second kappa shape index (κ2) is 9.38. The zero-order valence-electron chi connectivity index (χ0n) is 17.5. The third-order valence-electron chi connectivity index (χ3n) is 5.17. The molecule has 0 spiro atoms. The lowest BCUT2D eigenvalue weighted by Gasteiger charge is -2.18. The van der Waals surface area contributed by atoms with Gasteiger partial charge in [-0.05, 0) is 43.3 Å². The van der Waals surface area contributed by atoms with Crippen LogP contribution in [0.3, 0.4) is 0 Å². The minimum Gasteiger partial charge on any atom is -0.344 e. The summed E-state index contributed by atoms with van der Waals surface area (Å²) in [6.07, 6.45) is 0. The third kappa shape index (κ3) is 4.46. The molecule has 1 N–H and O–H groups in total. The zero-order chi connectivity index (χ0) is 22.0. The molecule has 0 saturated carbocycles. The van der Waals surface area contributed by atoms with Crippen molar-refractivity contribution in [2.24, 2.45) is 0 Å². The largest absolute Gasteiger partial charge is 0.344 e. The van der Waals surface area contributed by atoms with Crippen LogP contribution in [0.1, 0.15) is 33.8 Å². The van der Waals surface area contributed by atoms with Gasteiger partial charge in [0.15, 0.2) is 5.16 Å². The van der Waals surface area contributed by atoms with Gasteiger partial charge in [0.05, 0.1) is 17.2 Å². The SMILES string of the molecule is CCn1c(SCC(=O)NC(c2ccccc2)c2cccs2)nc2sc(C)c(C)c2c1=O. The van der Waals surface area contributed by atoms with Crippen LogP contribution in [0.5, 0.6) is 0 Å². The first-order valence-corrected chi connectivity index (χ1v) is 12.7. The number of aromatic nitrogens is 2. The Morgan fingerprint density at radius 2 is 1.97 bits per heavy atom. The van der Waals surface area contributed by atoms with E-state index < -0.39 is 0 Å². The molecule has 0 aliphatic rings. The number of nitrogens with zero attached hydrogens (tertiary/aromatic N) is 2. The molecule has 8 heteroatoms. The maximum Gasteiger partial charge on any atom is 0.263 e. The molecule has 1 amide bonds. The summed E-state index contributed by atoms with van der Waals surface area (Å²) in [7, 11) is 0. The Morgan fingerprint density at radius 1 is 1.19 bits per heavy atom. The number of nitrogens with one attached hydrogen (secondary N) is 1. The number of hydrogen-bond acceptors (Lipinski definition) is 6. The van der Waals surface area contributed by atoms with Crippen LogP contribution in [0.25, 0.3) is 10.2 Å². The number of amides is 1. The number of rotatable bonds is 7. The van der Waals surface area contributed by atoms with Gasteiger partial charge in [-0.25, -0.2) is 4.98 Å². The molecule has 0 bridgehead atoms. The molecule has 0 fully saturated rings. The maximum absolute atomic E-state index is 13.0. The van der Waals surface area contributed by atoms with Crippen LogP contribution < -0.4 is 10.9 Å². The third-order valence-corrected chi connectivity index (χ3v) is 8.18. The zero-order valence-corrected chi connectivity index (χ0v) is 20.0. The molecule has 0 saturated heterocycles. The van der Waals surface area contributed by atoms with Crippen molar-refractivity contribution in [2.45, 2.75) is 38.5 Å². The first kappa shape index (κ1) is 21.8. The lowest BCUT2D eigenvalue weighted by Crippen LogP contribution is -2.30. The number of carbonyl (C=O) groups excluding carboxylic acids is 1. The minimum atomic E-state index is -0.194. The summed E-state index contributed by atoms with van der Waals surface area (Å²) in [6, 6.07) is 13.8. The molecule has 5 nitrogen and oxygen atoms in total. The Bertz CT molecular complexity index is 1260. The highest BCUT2D eigenvalue weighted by molar-refractivity contribution is 7.99. The number of benzene rings is 1. The van der Waals surface area contributed by atoms with Gasteiger partial charge in [0.2, 0.25) is 5.91 Å². The van der Waals surface area contributed by atoms with Crippen molar-refractivity contribution in [2.75, 3.05) is 5.75 Å². The first-order valence-electron chi connectivity index (χ1n) is 10.0. The van der Waals surface area contributed by atoms with Gasteiger partial charge < -0.3 is 5.32 Å². The summed E-state index contributed by atoms with van der Waals surface area (Å²) < 4.78 is 1.66. The standard InChI is InChI=1S/C23H23N3O2S3/c1-4-26-22(28)19-14(2)15(3)31-21(19)25-23(26)30-13-18(27)24-20(17-11-8-12-29-17)16-9-6-5-7-10-16/h5-12,20H,4,13H2,1-3H3,(H,24,27). The molecular weight excluding hydrogens is 446 g/mol. The quantitative estimate of drug-likeness (QED) is 0.300. The molecule has 1 unspecified atom stereocenters. The van der Waals surface area contributed by atoms with Crippen LogP contribution in [0.2, 0.25) is 0 Å². The second-order valence-electron chi connectivity index (χ2n) is 7.12. The van der Waals surface area contributed by atoms with Crippen LogP contribution in [0, 0.1) is 13.8 Å². The molecule has 1 atom stereocenters. The predicted octanol–water partition coefficient (Wildman–Crippen LogP) is 5.15. The Kier molecular flexibility index (Phi) is 6.60. The molecule has 3 aromatic heterocycles. The molecule has 4 rings (SSSR count). The summed E-state index contributed by atoms with van der Waals surface area (Å²) in [5, 5.41) is 6.44. The Morgan fingerprint density at radius 3 is 2.65 bits per heavy atom. The summed E-state index contributed by atoms with van der Waals surface area (Å²) in [5.41, 5.74) is 2.01. The Labute approximate surface area is 193 Å². The van der Waals surface area contributed by atoms with Gasteiger partial charge in [-0.2, -0.15) is 0 Å². The fourth-order valence-electron chi connectivity index (χ4n) is 3.45. The van der Waals surface area contributed by atoms with E-state index in [0.717, 1.165) is 25.7 Å². The van der Waals surface area contributed by atoms with Gasteiger partial charge >= 0.3 is 0 Å². The van der Waals surface area contributed by atoms with Crippen molar-refractivity contribution in [3.05, 3.63) is 79.1 Å². The van der Waals surface area contributed by atoms with Gasteiger partial charge in [0, 0.05) is 16.3 Å². The lowest BCUT2D eigenvalue weighted by molar-refractivity contribution is -0.119. The van der Waals surface area contributed by atoms with E-state index in [4.69, 9.17) is 4.98 Å². The van der Waals surface area contributed by atoms with Crippen LogP contribution in [0.15, 0.2) is 57.8 Å². The van der Waals surface area contributed by atoms with E-state index in [-0.39, 0.29) is 23.3 Å². The van der Waals surface area contributed by atoms with Crippen molar-refractivity contribution in [3.8, 4) is 0 Å². The molecule has 160 valence electrons. The van der Waals surface area contributed by atoms with Crippen molar-refractivity contribution < 1.29 is 4.79 Å². The molecule has 31 heavy (non-hydrogen) atoms. The molecule has 0 aliphatic heterocycles. The second-order valence-corrected chi connectivity index (χ2v) is 10.2. The van der Waals surface area contributed by atoms with Crippen molar-refractivity contribution in [1.29, 1.82) is 0 Å². The Hall–Kier alpha value is -2.42. The summed E-state index contributed by atoms with van der Waals surface area (Å²) in [6.45, 7) is 6.41. The van der Waals surface area contributed by atoms with E-state index in [1.165, 1.54) is 23.1 Å². The Balaban J connectivity index is 1.55. The molecule has 1 aromatic carbocycles. The van der Waals surface area contributed by atoms with E-state index in [0.29, 0.717) is 17.1 Å². The van der Waals surface area contributed by atoms with Gasteiger partial charge in [-0.3, -0.25) is 14.2 Å². The monoisotopic (exact) mass is 469 g/mol. The maximum atomic E-state index is 13.0. The van der Waals surface area contributed by atoms with Crippen molar-refractivity contribution >= 4 is 50.6 Å². The average Bonchev–Trinajstić information content (AvgIpc) is 3.40. The van der Waals surface area contributed by atoms with Gasteiger partial charge in [0.25, 0.3) is 5.56 Å². The highest BCUT2D eigenvalue weighted by Crippen LogP contribution is 2.29. The van der Waals surface area contributed by atoms with Gasteiger partial charge in [-0.15, -0.1) is 22.7 Å². The highest BCUT2D eigenvalue weighted by atomic mass is 32.2.